The molecule has 0 aliphatic carbocycles. The van der Waals surface area contributed by atoms with E-state index in [-0.39, 0.29) is 24.2 Å². The van der Waals surface area contributed by atoms with Crippen molar-refractivity contribution in [1.82, 2.24) is 9.80 Å². The average Bonchev–Trinajstić information content (AvgIpc) is 3.19. The second kappa shape index (κ2) is 9.47. The highest BCUT2D eigenvalue weighted by Crippen LogP contribution is 2.36. The lowest BCUT2D eigenvalue weighted by molar-refractivity contribution is -0.135. The molecule has 2 amide bonds. The maximum Gasteiger partial charge on any atom is 0.227 e. The van der Waals surface area contributed by atoms with E-state index in [0.29, 0.717) is 35.7 Å². The van der Waals surface area contributed by atoms with Crippen LogP contribution in [0, 0.1) is 11.8 Å². The van der Waals surface area contributed by atoms with Crippen molar-refractivity contribution >= 4 is 17.5 Å². The van der Waals surface area contributed by atoms with Crippen LogP contribution in [-0.4, -0.2) is 75.1 Å². The third kappa shape index (κ3) is 4.52. The number of benzene rings is 1. The highest BCUT2D eigenvalue weighted by molar-refractivity contribution is 6.01. The van der Waals surface area contributed by atoms with Crippen molar-refractivity contribution in [2.45, 2.75) is 44.6 Å². The predicted octanol–water partition coefficient (Wildman–Crippen LogP) is 2.78. The van der Waals surface area contributed by atoms with E-state index in [1.54, 1.807) is 25.2 Å². The molecule has 0 unspecified atom stereocenters. The second-order valence-corrected chi connectivity index (χ2v) is 9.16. The zero-order chi connectivity index (χ0) is 22.0. The van der Waals surface area contributed by atoms with E-state index in [0.717, 1.165) is 6.54 Å². The number of hydrogen-bond donors (Lipinski definition) is 0. The number of hydrogen-bond acceptors (Lipinski definition) is 5. The molecular formula is C24H35N3O4. The molecule has 0 spiro atoms. The van der Waals surface area contributed by atoms with E-state index < -0.39 is 0 Å². The molecule has 3 aliphatic heterocycles. The first-order valence-corrected chi connectivity index (χ1v) is 11.5. The summed E-state index contributed by atoms with van der Waals surface area (Å²) in [6.07, 6.45) is 6.50. The third-order valence-electron chi connectivity index (χ3n) is 7.27. The van der Waals surface area contributed by atoms with Gasteiger partial charge in [-0.3, -0.25) is 9.59 Å². The van der Waals surface area contributed by atoms with Crippen LogP contribution in [0.15, 0.2) is 18.2 Å². The Kier molecular flexibility index (Phi) is 6.70. The molecule has 170 valence electrons. The van der Waals surface area contributed by atoms with Crippen molar-refractivity contribution in [3.05, 3.63) is 18.2 Å². The van der Waals surface area contributed by atoms with Gasteiger partial charge in [0.25, 0.3) is 0 Å². The van der Waals surface area contributed by atoms with Crippen LogP contribution < -0.4 is 14.4 Å². The number of rotatable bonds is 6. The van der Waals surface area contributed by atoms with Gasteiger partial charge in [-0.15, -0.1) is 0 Å². The standard InChI is InChI=1S/C24H35N3O4/c1-25(15-17-7-6-12-26-11-5-4-8-20(17)26)24(29)18-13-23(28)27(16-18)21-10-9-19(30-2)14-22(21)31-3/h9-10,14,17-18,20H,4-8,11-13,15-16H2,1-3H3/t17-,18-,20+/m0/s1. The fourth-order valence-electron chi connectivity index (χ4n) is 5.66. The monoisotopic (exact) mass is 429 g/mol. The van der Waals surface area contributed by atoms with E-state index in [4.69, 9.17) is 9.47 Å². The van der Waals surface area contributed by atoms with Crippen molar-refractivity contribution in [2.75, 3.05) is 52.3 Å². The minimum Gasteiger partial charge on any atom is -0.497 e. The number of ether oxygens (including phenoxy) is 2. The maximum absolute atomic E-state index is 13.2. The number of amides is 2. The Balaban J connectivity index is 1.41. The fourth-order valence-corrected chi connectivity index (χ4v) is 5.66. The molecule has 3 atom stereocenters. The van der Waals surface area contributed by atoms with Crippen LogP contribution in [0.25, 0.3) is 0 Å². The van der Waals surface area contributed by atoms with Gasteiger partial charge in [-0.2, -0.15) is 0 Å². The number of carbonyl (C=O) groups excluding carboxylic acids is 2. The van der Waals surface area contributed by atoms with E-state index in [1.807, 2.05) is 24.1 Å². The first-order valence-electron chi connectivity index (χ1n) is 11.5. The molecule has 0 bridgehead atoms. The SMILES string of the molecule is COc1ccc(N2C[C@@H](C(=O)N(C)C[C@@H]3CCCN4CCCC[C@H]34)CC2=O)c(OC)c1. The Hall–Kier alpha value is -2.28. The first kappa shape index (κ1) is 21.9. The summed E-state index contributed by atoms with van der Waals surface area (Å²) in [6.45, 7) is 3.59. The number of nitrogens with zero attached hydrogens (tertiary/aromatic N) is 3. The van der Waals surface area contributed by atoms with Crippen LogP contribution in [-0.2, 0) is 9.59 Å². The summed E-state index contributed by atoms with van der Waals surface area (Å²) < 4.78 is 10.7. The van der Waals surface area contributed by atoms with Crippen molar-refractivity contribution < 1.29 is 19.1 Å². The van der Waals surface area contributed by atoms with Gasteiger partial charge < -0.3 is 24.2 Å². The van der Waals surface area contributed by atoms with Crippen LogP contribution in [0.5, 0.6) is 11.5 Å². The lowest BCUT2D eigenvalue weighted by atomic mass is 9.83. The van der Waals surface area contributed by atoms with Gasteiger partial charge in [0.15, 0.2) is 0 Å². The Morgan fingerprint density at radius 3 is 2.71 bits per heavy atom. The number of methoxy groups -OCH3 is 2. The molecule has 7 nitrogen and oxygen atoms in total. The summed E-state index contributed by atoms with van der Waals surface area (Å²) in [5, 5.41) is 0. The van der Waals surface area contributed by atoms with E-state index in [1.165, 1.54) is 45.2 Å². The van der Waals surface area contributed by atoms with E-state index in [2.05, 4.69) is 4.90 Å². The van der Waals surface area contributed by atoms with Gasteiger partial charge in [-0.1, -0.05) is 6.42 Å². The zero-order valence-electron chi connectivity index (χ0n) is 19.0. The summed E-state index contributed by atoms with van der Waals surface area (Å²) in [5.41, 5.74) is 0.691. The molecule has 31 heavy (non-hydrogen) atoms. The number of carbonyl (C=O) groups is 2. The number of fused-ring (bicyclic) bond motifs is 1. The highest BCUT2D eigenvalue weighted by atomic mass is 16.5. The van der Waals surface area contributed by atoms with Gasteiger partial charge in [0, 0.05) is 38.7 Å². The van der Waals surface area contributed by atoms with E-state index >= 15 is 0 Å². The largest absolute Gasteiger partial charge is 0.497 e. The highest BCUT2D eigenvalue weighted by Gasteiger charge is 2.39. The van der Waals surface area contributed by atoms with Crippen molar-refractivity contribution in [1.29, 1.82) is 0 Å². The Bertz CT molecular complexity index is 812. The molecule has 4 rings (SSSR count). The zero-order valence-corrected chi connectivity index (χ0v) is 19.0. The maximum atomic E-state index is 13.2. The van der Waals surface area contributed by atoms with Gasteiger partial charge >= 0.3 is 0 Å². The lowest BCUT2D eigenvalue weighted by Crippen LogP contribution is -2.51. The summed E-state index contributed by atoms with van der Waals surface area (Å²) in [4.78, 5) is 32.2. The van der Waals surface area contributed by atoms with Gasteiger partial charge in [0.1, 0.15) is 11.5 Å². The Labute approximate surface area is 185 Å². The molecule has 3 heterocycles. The molecule has 3 saturated heterocycles. The molecule has 3 fully saturated rings. The summed E-state index contributed by atoms with van der Waals surface area (Å²) in [5.74, 6) is 1.52. The van der Waals surface area contributed by atoms with Crippen LogP contribution in [0.1, 0.15) is 38.5 Å². The average molecular weight is 430 g/mol. The topological polar surface area (TPSA) is 62.3 Å². The van der Waals surface area contributed by atoms with Crippen LogP contribution in [0.3, 0.4) is 0 Å². The summed E-state index contributed by atoms with van der Waals surface area (Å²) >= 11 is 0. The molecule has 0 saturated carbocycles. The summed E-state index contributed by atoms with van der Waals surface area (Å²) in [6, 6.07) is 6.02. The Morgan fingerprint density at radius 2 is 1.94 bits per heavy atom. The number of piperidine rings is 2. The molecule has 1 aromatic rings. The smallest absolute Gasteiger partial charge is 0.227 e. The first-order chi connectivity index (χ1) is 15.0. The molecule has 1 aromatic carbocycles. The Morgan fingerprint density at radius 1 is 1.13 bits per heavy atom. The molecule has 7 heteroatoms. The fraction of sp³-hybridized carbons (Fsp3) is 0.667. The molecule has 0 N–H and O–H groups in total. The van der Waals surface area contributed by atoms with Crippen LogP contribution in [0.2, 0.25) is 0 Å². The van der Waals surface area contributed by atoms with Gasteiger partial charge in [0.2, 0.25) is 11.8 Å². The van der Waals surface area contributed by atoms with Crippen molar-refractivity contribution in [3.63, 3.8) is 0 Å². The second-order valence-electron chi connectivity index (χ2n) is 9.16. The van der Waals surface area contributed by atoms with Crippen molar-refractivity contribution in [2.24, 2.45) is 11.8 Å². The molecular weight excluding hydrogens is 394 g/mol. The normalized spacial score (nSPS) is 26.5. The lowest BCUT2D eigenvalue weighted by Gasteiger charge is -2.45. The molecule has 0 aromatic heterocycles. The molecule has 0 radical (unpaired) electrons. The summed E-state index contributed by atoms with van der Waals surface area (Å²) in [7, 11) is 5.08. The van der Waals surface area contributed by atoms with Gasteiger partial charge in [-0.05, 0) is 56.8 Å². The van der Waals surface area contributed by atoms with Gasteiger partial charge in [0.05, 0.1) is 25.8 Å². The quantitative estimate of drug-likeness (QED) is 0.696. The van der Waals surface area contributed by atoms with Crippen molar-refractivity contribution in [3.8, 4) is 11.5 Å². The van der Waals surface area contributed by atoms with Crippen LogP contribution in [0.4, 0.5) is 5.69 Å². The predicted molar refractivity (Wildman–Crippen MR) is 120 cm³/mol. The minimum atomic E-state index is -0.310. The van der Waals surface area contributed by atoms with E-state index in [9.17, 15) is 9.59 Å². The minimum absolute atomic E-state index is 0.0358. The van der Waals surface area contributed by atoms with Crippen LogP contribution >= 0.6 is 0 Å². The number of anilines is 1. The molecule has 3 aliphatic rings. The van der Waals surface area contributed by atoms with Gasteiger partial charge in [-0.25, -0.2) is 0 Å². The third-order valence-corrected chi connectivity index (χ3v) is 7.27.